The van der Waals surface area contributed by atoms with Crippen LogP contribution < -0.4 is 5.32 Å². The first-order valence-electron chi connectivity index (χ1n) is 6.61. The van der Waals surface area contributed by atoms with Gasteiger partial charge >= 0.3 is 0 Å². The van der Waals surface area contributed by atoms with Crippen molar-refractivity contribution in [3.63, 3.8) is 0 Å². The molecule has 0 amide bonds. The third kappa shape index (κ3) is 3.66. The van der Waals surface area contributed by atoms with Gasteiger partial charge in [0.25, 0.3) is 0 Å². The Morgan fingerprint density at radius 3 is 2.53 bits per heavy atom. The molecule has 1 aliphatic heterocycles. The lowest BCUT2D eigenvalue weighted by Gasteiger charge is -2.23. The Kier molecular flexibility index (Phi) is 4.10. The summed E-state index contributed by atoms with van der Waals surface area (Å²) < 4.78 is 22.8. The van der Waals surface area contributed by atoms with E-state index in [2.05, 4.69) is 12.2 Å². The molecule has 2 aliphatic rings. The summed E-state index contributed by atoms with van der Waals surface area (Å²) >= 11 is 0. The Bertz CT molecular complexity index is 355. The topological polar surface area (TPSA) is 66.4 Å². The van der Waals surface area contributed by atoms with Crippen LogP contribution in [0.3, 0.4) is 0 Å². The van der Waals surface area contributed by atoms with Gasteiger partial charge in [-0.3, -0.25) is 0 Å². The molecule has 2 rings (SSSR count). The molecular formula is C12H23NO3S. The van der Waals surface area contributed by atoms with Gasteiger partial charge in [0, 0.05) is 12.1 Å². The second kappa shape index (κ2) is 5.24. The molecule has 1 heterocycles. The van der Waals surface area contributed by atoms with E-state index in [1.165, 1.54) is 19.3 Å². The van der Waals surface area contributed by atoms with Crippen LogP contribution in [0.4, 0.5) is 0 Å². The zero-order valence-corrected chi connectivity index (χ0v) is 11.2. The fourth-order valence-electron chi connectivity index (χ4n) is 2.94. The molecule has 0 aromatic heterocycles. The lowest BCUT2D eigenvalue weighted by atomic mass is 10.0. The third-order valence-electron chi connectivity index (χ3n) is 4.03. The third-order valence-corrected chi connectivity index (χ3v) is 5.75. The minimum atomic E-state index is -3.03. The Labute approximate surface area is 104 Å². The highest BCUT2D eigenvalue weighted by Gasteiger charge is 2.37. The highest BCUT2D eigenvalue weighted by molar-refractivity contribution is 7.91. The van der Waals surface area contributed by atoms with Crippen LogP contribution in [0.5, 0.6) is 0 Å². The fraction of sp³-hybridized carbons (Fsp3) is 1.00. The van der Waals surface area contributed by atoms with E-state index in [9.17, 15) is 13.5 Å². The van der Waals surface area contributed by atoms with Gasteiger partial charge in [0.2, 0.25) is 0 Å². The van der Waals surface area contributed by atoms with Gasteiger partial charge in [-0.2, -0.15) is 0 Å². The molecule has 0 aromatic carbocycles. The van der Waals surface area contributed by atoms with Gasteiger partial charge < -0.3 is 10.4 Å². The molecular weight excluding hydrogens is 238 g/mol. The van der Waals surface area contributed by atoms with Crippen LogP contribution in [-0.4, -0.2) is 43.2 Å². The lowest BCUT2D eigenvalue weighted by molar-refractivity contribution is 0.157. The van der Waals surface area contributed by atoms with Gasteiger partial charge in [0.05, 0.1) is 17.6 Å². The Morgan fingerprint density at radius 1 is 1.12 bits per heavy atom. The second-order valence-electron chi connectivity index (χ2n) is 5.73. The van der Waals surface area contributed by atoms with E-state index in [-0.39, 0.29) is 17.5 Å². The summed E-state index contributed by atoms with van der Waals surface area (Å²) in [7, 11) is -3.03. The number of hydrogen-bond donors (Lipinski definition) is 2. The summed E-state index contributed by atoms with van der Waals surface area (Å²) in [4.78, 5) is 0. The molecule has 0 radical (unpaired) electrons. The Morgan fingerprint density at radius 2 is 1.88 bits per heavy atom. The van der Waals surface area contributed by atoms with Crippen LogP contribution in [0.25, 0.3) is 0 Å². The van der Waals surface area contributed by atoms with E-state index in [0.29, 0.717) is 6.04 Å². The van der Waals surface area contributed by atoms with E-state index in [1.54, 1.807) is 0 Å². The quantitative estimate of drug-likeness (QED) is 0.718. The van der Waals surface area contributed by atoms with E-state index < -0.39 is 15.9 Å². The Hall–Kier alpha value is -0.130. The van der Waals surface area contributed by atoms with E-state index in [4.69, 9.17) is 0 Å². The van der Waals surface area contributed by atoms with Crippen molar-refractivity contribution >= 4 is 9.84 Å². The predicted octanol–water partition coefficient (Wildman–Crippen LogP) is 0.703. The average Bonchev–Trinajstić information content (AvgIpc) is 2.37. The van der Waals surface area contributed by atoms with Gasteiger partial charge in [0.15, 0.2) is 9.84 Å². The number of sulfone groups is 1. The minimum absolute atomic E-state index is 0.0756. The van der Waals surface area contributed by atoms with Crippen LogP contribution in [0.2, 0.25) is 0 Å². The van der Waals surface area contributed by atoms with Crippen LogP contribution >= 0.6 is 0 Å². The molecule has 4 atom stereocenters. The molecule has 4 unspecified atom stereocenters. The molecule has 1 aliphatic carbocycles. The van der Waals surface area contributed by atoms with Crippen molar-refractivity contribution in [3.05, 3.63) is 0 Å². The maximum Gasteiger partial charge on any atom is 0.154 e. The first-order valence-corrected chi connectivity index (χ1v) is 8.43. The summed E-state index contributed by atoms with van der Waals surface area (Å²) in [6.07, 6.45) is 5.16. The van der Waals surface area contributed by atoms with Gasteiger partial charge in [-0.1, -0.05) is 19.8 Å². The van der Waals surface area contributed by atoms with Gasteiger partial charge in [-0.25, -0.2) is 8.42 Å². The van der Waals surface area contributed by atoms with Crippen molar-refractivity contribution in [2.75, 3.05) is 11.5 Å². The van der Waals surface area contributed by atoms with Gasteiger partial charge in [0.1, 0.15) is 0 Å². The summed E-state index contributed by atoms with van der Waals surface area (Å²) in [5, 5.41) is 13.1. The smallest absolute Gasteiger partial charge is 0.154 e. The highest BCUT2D eigenvalue weighted by atomic mass is 32.2. The standard InChI is InChI=1S/C12H23NO3S/c1-9-3-2-4-10(6-5-9)13-11-7-17(15,16)8-12(11)14/h9-14H,2-8H2,1H3. The molecule has 5 heteroatoms. The molecule has 0 spiro atoms. The van der Waals surface area contributed by atoms with Crippen molar-refractivity contribution in [2.24, 2.45) is 5.92 Å². The number of aliphatic hydroxyl groups is 1. The minimum Gasteiger partial charge on any atom is -0.390 e. The maximum atomic E-state index is 11.4. The summed E-state index contributed by atoms with van der Waals surface area (Å²) in [5.41, 5.74) is 0. The SMILES string of the molecule is CC1CCCC(NC2CS(=O)(=O)CC2O)CC1. The number of hydrogen-bond acceptors (Lipinski definition) is 4. The van der Waals surface area contributed by atoms with Crippen LogP contribution in [0.1, 0.15) is 39.0 Å². The first kappa shape index (κ1) is 13.3. The zero-order valence-electron chi connectivity index (χ0n) is 10.4. The molecule has 2 fully saturated rings. The molecule has 4 nitrogen and oxygen atoms in total. The lowest BCUT2D eigenvalue weighted by Crippen LogP contribution is -2.44. The monoisotopic (exact) mass is 261 g/mol. The van der Waals surface area contributed by atoms with Crippen molar-refractivity contribution in [1.29, 1.82) is 0 Å². The van der Waals surface area contributed by atoms with Crippen molar-refractivity contribution in [1.82, 2.24) is 5.32 Å². The van der Waals surface area contributed by atoms with Crippen LogP contribution in [0, 0.1) is 5.92 Å². The van der Waals surface area contributed by atoms with Crippen LogP contribution in [0.15, 0.2) is 0 Å². The molecule has 1 saturated carbocycles. The van der Waals surface area contributed by atoms with Gasteiger partial charge in [-0.15, -0.1) is 0 Å². The summed E-state index contributed by atoms with van der Waals surface area (Å²) in [5.74, 6) is 0.799. The molecule has 0 aromatic rings. The number of aliphatic hydroxyl groups excluding tert-OH is 1. The number of nitrogens with one attached hydrogen (secondary N) is 1. The molecule has 1 saturated heterocycles. The molecule has 100 valence electrons. The highest BCUT2D eigenvalue weighted by Crippen LogP contribution is 2.24. The fourth-order valence-corrected chi connectivity index (χ4v) is 4.70. The summed E-state index contributed by atoms with van der Waals surface area (Å²) in [6, 6.07) is 0.131. The Balaban J connectivity index is 1.88. The molecule has 2 N–H and O–H groups in total. The summed E-state index contributed by atoms with van der Waals surface area (Å²) in [6.45, 7) is 2.28. The first-order chi connectivity index (χ1) is 7.96. The van der Waals surface area contributed by atoms with E-state index >= 15 is 0 Å². The second-order valence-corrected chi connectivity index (χ2v) is 7.88. The normalized spacial score (nSPS) is 42.2. The van der Waals surface area contributed by atoms with Crippen molar-refractivity contribution < 1.29 is 13.5 Å². The van der Waals surface area contributed by atoms with Crippen LogP contribution in [-0.2, 0) is 9.84 Å². The average molecular weight is 261 g/mol. The van der Waals surface area contributed by atoms with E-state index in [0.717, 1.165) is 18.8 Å². The van der Waals surface area contributed by atoms with Crippen molar-refractivity contribution in [2.45, 2.75) is 57.2 Å². The van der Waals surface area contributed by atoms with E-state index in [1.807, 2.05) is 0 Å². The zero-order chi connectivity index (χ0) is 12.5. The van der Waals surface area contributed by atoms with Crippen molar-refractivity contribution in [3.8, 4) is 0 Å². The molecule has 0 bridgehead atoms. The molecule has 17 heavy (non-hydrogen) atoms. The maximum absolute atomic E-state index is 11.4. The number of rotatable bonds is 2. The largest absolute Gasteiger partial charge is 0.390 e. The predicted molar refractivity (Wildman–Crippen MR) is 67.6 cm³/mol. The van der Waals surface area contributed by atoms with Gasteiger partial charge in [-0.05, 0) is 25.2 Å².